The fraction of sp³-hybridized carbons (Fsp3) is 0.643. The van der Waals surface area contributed by atoms with Crippen LogP contribution in [0.2, 0.25) is 0 Å². The van der Waals surface area contributed by atoms with E-state index in [0.29, 0.717) is 18.3 Å². The van der Waals surface area contributed by atoms with E-state index >= 15 is 0 Å². The third-order valence-electron chi connectivity index (χ3n) is 3.66. The molecule has 0 bridgehead atoms. The number of nitrogen functional groups attached to an aromatic ring is 1. The van der Waals surface area contributed by atoms with Crippen LogP contribution < -0.4 is 10.6 Å². The highest BCUT2D eigenvalue weighted by atomic mass is 16.3. The van der Waals surface area contributed by atoms with Crippen LogP contribution in [0.3, 0.4) is 0 Å². The van der Waals surface area contributed by atoms with Crippen LogP contribution in [0.1, 0.15) is 37.7 Å². The van der Waals surface area contributed by atoms with E-state index in [0.717, 1.165) is 11.4 Å². The van der Waals surface area contributed by atoms with Crippen molar-refractivity contribution in [2.75, 3.05) is 23.8 Å². The first-order valence-corrected chi connectivity index (χ1v) is 6.82. The molecule has 1 fully saturated rings. The van der Waals surface area contributed by atoms with Gasteiger partial charge in [0.2, 0.25) is 0 Å². The lowest BCUT2D eigenvalue weighted by Crippen LogP contribution is -2.39. The number of hydrogen-bond donors (Lipinski definition) is 2. The molecular weight excluding hydrogens is 226 g/mol. The summed E-state index contributed by atoms with van der Waals surface area (Å²) in [7, 11) is 0. The standard InChI is InChI=1S/C14H23N3O/c1-11-9-13(15)14(16-10-11)17(7-8-18)12-5-3-2-4-6-12/h9-10,12,18H,2-8,15H2,1H3. The van der Waals surface area contributed by atoms with Gasteiger partial charge in [-0.05, 0) is 31.4 Å². The third-order valence-corrected chi connectivity index (χ3v) is 3.66. The Labute approximate surface area is 109 Å². The summed E-state index contributed by atoms with van der Waals surface area (Å²) in [5, 5.41) is 9.26. The van der Waals surface area contributed by atoms with Gasteiger partial charge in [0, 0.05) is 18.8 Å². The molecule has 1 heterocycles. The van der Waals surface area contributed by atoms with Crippen molar-refractivity contribution in [1.29, 1.82) is 0 Å². The normalized spacial score (nSPS) is 16.8. The molecular formula is C14H23N3O. The third kappa shape index (κ3) is 2.93. The van der Waals surface area contributed by atoms with Gasteiger partial charge < -0.3 is 15.7 Å². The second-order valence-corrected chi connectivity index (χ2v) is 5.13. The summed E-state index contributed by atoms with van der Waals surface area (Å²) in [5.41, 5.74) is 7.86. The predicted octanol–water partition coefficient (Wildman–Crippen LogP) is 2.10. The lowest BCUT2D eigenvalue weighted by molar-refractivity contribution is 0.289. The minimum absolute atomic E-state index is 0.144. The van der Waals surface area contributed by atoms with E-state index in [1.165, 1.54) is 32.1 Å². The molecule has 0 radical (unpaired) electrons. The fourth-order valence-electron chi connectivity index (χ4n) is 2.79. The van der Waals surface area contributed by atoms with Gasteiger partial charge in [0.25, 0.3) is 0 Å². The zero-order chi connectivity index (χ0) is 13.0. The summed E-state index contributed by atoms with van der Waals surface area (Å²) in [6, 6.07) is 2.43. The summed E-state index contributed by atoms with van der Waals surface area (Å²) in [6.45, 7) is 2.75. The second-order valence-electron chi connectivity index (χ2n) is 5.13. The molecule has 1 aromatic rings. The van der Waals surface area contributed by atoms with Crippen LogP contribution >= 0.6 is 0 Å². The Morgan fingerprint density at radius 2 is 2.11 bits per heavy atom. The summed E-state index contributed by atoms with van der Waals surface area (Å²) in [4.78, 5) is 6.65. The van der Waals surface area contributed by atoms with Crippen molar-refractivity contribution >= 4 is 11.5 Å². The quantitative estimate of drug-likeness (QED) is 0.858. The summed E-state index contributed by atoms with van der Waals surface area (Å²) >= 11 is 0. The molecule has 0 aliphatic heterocycles. The highest BCUT2D eigenvalue weighted by Gasteiger charge is 2.23. The maximum absolute atomic E-state index is 9.26. The van der Waals surface area contributed by atoms with Gasteiger partial charge in [-0.2, -0.15) is 0 Å². The molecule has 4 heteroatoms. The van der Waals surface area contributed by atoms with E-state index in [2.05, 4.69) is 9.88 Å². The van der Waals surface area contributed by atoms with Gasteiger partial charge in [-0.3, -0.25) is 0 Å². The summed E-state index contributed by atoms with van der Waals surface area (Å²) < 4.78 is 0. The van der Waals surface area contributed by atoms with Crippen LogP contribution in [0.4, 0.5) is 11.5 Å². The van der Waals surface area contributed by atoms with Crippen LogP contribution in [0.5, 0.6) is 0 Å². The van der Waals surface area contributed by atoms with Gasteiger partial charge in [-0.1, -0.05) is 19.3 Å². The zero-order valence-electron chi connectivity index (χ0n) is 11.1. The highest BCUT2D eigenvalue weighted by Crippen LogP contribution is 2.29. The molecule has 1 aliphatic rings. The Hall–Kier alpha value is -1.29. The van der Waals surface area contributed by atoms with E-state index in [-0.39, 0.29) is 6.61 Å². The van der Waals surface area contributed by atoms with Crippen molar-refractivity contribution in [3.8, 4) is 0 Å². The number of anilines is 2. The Bertz CT molecular complexity index is 389. The van der Waals surface area contributed by atoms with Crippen LogP contribution in [0.25, 0.3) is 0 Å². The SMILES string of the molecule is Cc1cnc(N(CCO)C2CCCCC2)c(N)c1. The van der Waals surface area contributed by atoms with Gasteiger partial charge >= 0.3 is 0 Å². The van der Waals surface area contributed by atoms with Crippen LogP contribution in [-0.2, 0) is 0 Å². The van der Waals surface area contributed by atoms with Crippen molar-refractivity contribution in [2.24, 2.45) is 0 Å². The number of pyridine rings is 1. The number of aromatic nitrogens is 1. The second kappa shape index (κ2) is 6.05. The van der Waals surface area contributed by atoms with Gasteiger partial charge in [0.05, 0.1) is 12.3 Å². The molecule has 0 aromatic carbocycles. The Balaban J connectivity index is 2.22. The molecule has 0 saturated heterocycles. The molecule has 18 heavy (non-hydrogen) atoms. The maximum Gasteiger partial charge on any atom is 0.152 e. The van der Waals surface area contributed by atoms with Crippen LogP contribution in [-0.4, -0.2) is 29.3 Å². The smallest absolute Gasteiger partial charge is 0.152 e. The first kappa shape index (κ1) is 13.1. The van der Waals surface area contributed by atoms with E-state index in [1.54, 1.807) is 0 Å². The van der Waals surface area contributed by atoms with Crippen molar-refractivity contribution < 1.29 is 5.11 Å². The van der Waals surface area contributed by atoms with Crippen molar-refractivity contribution in [3.63, 3.8) is 0 Å². The van der Waals surface area contributed by atoms with Crippen molar-refractivity contribution in [1.82, 2.24) is 4.98 Å². The number of rotatable bonds is 4. The van der Waals surface area contributed by atoms with Crippen molar-refractivity contribution in [3.05, 3.63) is 17.8 Å². The van der Waals surface area contributed by atoms with Crippen molar-refractivity contribution in [2.45, 2.75) is 45.1 Å². The number of nitrogens with zero attached hydrogens (tertiary/aromatic N) is 2. The van der Waals surface area contributed by atoms with E-state index in [9.17, 15) is 5.11 Å². The lowest BCUT2D eigenvalue weighted by atomic mass is 9.94. The monoisotopic (exact) mass is 249 g/mol. The fourth-order valence-corrected chi connectivity index (χ4v) is 2.79. The first-order valence-electron chi connectivity index (χ1n) is 6.82. The largest absolute Gasteiger partial charge is 0.396 e. The molecule has 3 N–H and O–H groups in total. The van der Waals surface area contributed by atoms with Gasteiger partial charge in [0.15, 0.2) is 5.82 Å². The molecule has 0 atom stereocenters. The Morgan fingerprint density at radius 3 is 2.72 bits per heavy atom. The minimum Gasteiger partial charge on any atom is -0.396 e. The molecule has 1 aliphatic carbocycles. The van der Waals surface area contributed by atoms with E-state index in [4.69, 9.17) is 5.73 Å². The van der Waals surface area contributed by atoms with E-state index in [1.807, 2.05) is 19.2 Å². The average Bonchev–Trinajstić information content (AvgIpc) is 2.38. The van der Waals surface area contributed by atoms with Gasteiger partial charge in [-0.25, -0.2) is 4.98 Å². The number of aliphatic hydroxyl groups excluding tert-OH is 1. The lowest BCUT2D eigenvalue weighted by Gasteiger charge is -2.35. The first-order chi connectivity index (χ1) is 8.72. The Kier molecular flexibility index (Phi) is 4.42. The molecule has 1 saturated carbocycles. The number of aryl methyl sites for hydroxylation is 1. The molecule has 0 amide bonds. The Morgan fingerprint density at radius 1 is 1.39 bits per heavy atom. The molecule has 2 rings (SSSR count). The summed E-state index contributed by atoms with van der Waals surface area (Å²) in [5.74, 6) is 0.835. The minimum atomic E-state index is 0.144. The number of nitrogens with two attached hydrogens (primary N) is 1. The average molecular weight is 249 g/mol. The highest BCUT2D eigenvalue weighted by molar-refractivity contribution is 5.63. The number of aliphatic hydroxyl groups is 1. The molecule has 0 unspecified atom stereocenters. The predicted molar refractivity (Wildman–Crippen MR) is 74.7 cm³/mol. The van der Waals surface area contributed by atoms with E-state index < -0.39 is 0 Å². The molecule has 0 spiro atoms. The molecule has 1 aromatic heterocycles. The molecule has 4 nitrogen and oxygen atoms in total. The zero-order valence-corrected chi connectivity index (χ0v) is 11.1. The number of hydrogen-bond acceptors (Lipinski definition) is 4. The summed E-state index contributed by atoms with van der Waals surface area (Å²) in [6.07, 6.45) is 8.04. The topological polar surface area (TPSA) is 62.4 Å². The van der Waals surface area contributed by atoms with Crippen LogP contribution in [0.15, 0.2) is 12.3 Å². The molecule has 100 valence electrons. The van der Waals surface area contributed by atoms with Crippen LogP contribution in [0, 0.1) is 6.92 Å². The van der Waals surface area contributed by atoms with Gasteiger partial charge in [-0.15, -0.1) is 0 Å². The maximum atomic E-state index is 9.26. The van der Waals surface area contributed by atoms with Gasteiger partial charge in [0.1, 0.15) is 0 Å².